The second-order valence-electron chi connectivity index (χ2n) is 3.56. The normalized spacial score (nSPS) is 26.1. The van der Waals surface area contributed by atoms with Gasteiger partial charge in [-0.25, -0.2) is 8.42 Å². The van der Waals surface area contributed by atoms with Gasteiger partial charge in [-0.1, -0.05) is 6.92 Å². The van der Waals surface area contributed by atoms with Crippen molar-refractivity contribution in [3.8, 4) is 0 Å². The van der Waals surface area contributed by atoms with Crippen LogP contribution in [0, 0.1) is 0 Å². The number of carboxylic acids is 1. The van der Waals surface area contributed by atoms with Crippen LogP contribution in [0.3, 0.4) is 0 Å². The maximum absolute atomic E-state index is 11.8. The summed E-state index contributed by atoms with van der Waals surface area (Å²) in [6, 6.07) is 0. The highest BCUT2D eigenvalue weighted by molar-refractivity contribution is 8.00. The standard InChI is InChI=1S/C8H15NO4S2/c1-6-5-9(3-4-14-6)15(12,13)7(2)8(10)11/h6-7H,3-5H2,1-2H3,(H,10,11). The van der Waals surface area contributed by atoms with Crippen molar-refractivity contribution in [2.24, 2.45) is 0 Å². The monoisotopic (exact) mass is 253 g/mol. The zero-order chi connectivity index (χ0) is 11.6. The minimum atomic E-state index is -3.67. The average molecular weight is 253 g/mol. The van der Waals surface area contributed by atoms with Crippen LogP contribution in [0.25, 0.3) is 0 Å². The minimum Gasteiger partial charge on any atom is -0.480 e. The van der Waals surface area contributed by atoms with Gasteiger partial charge in [0.15, 0.2) is 5.25 Å². The Labute approximate surface area is 93.9 Å². The Hall–Kier alpha value is -0.270. The molecule has 1 N–H and O–H groups in total. The number of rotatable bonds is 3. The number of thioether (sulfide) groups is 1. The lowest BCUT2D eigenvalue weighted by Crippen LogP contribution is -2.46. The van der Waals surface area contributed by atoms with Crippen molar-refractivity contribution in [1.29, 1.82) is 0 Å². The van der Waals surface area contributed by atoms with Gasteiger partial charge in [-0.3, -0.25) is 4.79 Å². The van der Waals surface area contributed by atoms with E-state index in [1.54, 1.807) is 11.8 Å². The lowest BCUT2D eigenvalue weighted by molar-refractivity contribution is -0.136. The first-order valence-electron chi connectivity index (χ1n) is 4.69. The van der Waals surface area contributed by atoms with E-state index < -0.39 is 21.2 Å². The Morgan fingerprint density at radius 2 is 2.20 bits per heavy atom. The van der Waals surface area contributed by atoms with Crippen LogP contribution in [0.1, 0.15) is 13.8 Å². The second-order valence-corrected chi connectivity index (χ2v) is 7.36. The number of hydrogen-bond acceptors (Lipinski definition) is 4. The van der Waals surface area contributed by atoms with E-state index in [2.05, 4.69) is 0 Å². The van der Waals surface area contributed by atoms with Crippen LogP contribution < -0.4 is 0 Å². The fraction of sp³-hybridized carbons (Fsp3) is 0.875. The summed E-state index contributed by atoms with van der Waals surface area (Å²) < 4.78 is 24.9. The number of sulfonamides is 1. The SMILES string of the molecule is CC1CN(S(=O)(=O)C(C)C(=O)O)CCS1. The summed E-state index contributed by atoms with van der Waals surface area (Å²) in [7, 11) is -3.67. The van der Waals surface area contributed by atoms with Gasteiger partial charge in [0.1, 0.15) is 0 Å². The summed E-state index contributed by atoms with van der Waals surface area (Å²) in [4.78, 5) is 10.7. The number of carbonyl (C=O) groups is 1. The molecule has 0 aromatic heterocycles. The molecule has 1 fully saturated rings. The van der Waals surface area contributed by atoms with Crippen molar-refractivity contribution >= 4 is 27.8 Å². The molecule has 0 aromatic carbocycles. The third kappa shape index (κ3) is 2.85. The highest BCUT2D eigenvalue weighted by Gasteiger charge is 2.35. The molecule has 1 aliphatic rings. The summed E-state index contributed by atoms with van der Waals surface area (Å²) in [5.74, 6) is -0.562. The van der Waals surface area contributed by atoms with E-state index in [-0.39, 0.29) is 5.25 Å². The third-order valence-electron chi connectivity index (χ3n) is 2.36. The zero-order valence-electron chi connectivity index (χ0n) is 8.71. The predicted octanol–water partition coefficient (Wildman–Crippen LogP) is 0.227. The van der Waals surface area contributed by atoms with E-state index in [1.165, 1.54) is 11.2 Å². The summed E-state index contributed by atoms with van der Waals surface area (Å²) in [5.41, 5.74) is 0. The predicted molar refractivity (Wildman–Crippen MR) is 59.5 cm³/mol. The van der Waals surface area contributed by atoms with Crippen molar-refractivity contribution in [3.05, 3.63) is 0 Å². The number of nitrogens with zero attached hydrogens (tertiary/aromatic N) is 1. The fourth-order valence-corrected chi connectivity index (χ4v) is 4.07. The quantitative estimate of drug-likeness (QED) is 0.779. The molecular formula is C8H15NO4S2. The summed E-state index contributed by atoms with van der Waals surface area (Å²) in [5, 5.41) is 7.58. The fourth-order valence-electron chi connectivity index (χ4n) is 1.37. The first-order chi connectivity index (χ1) is 6.85. The maximum Gasteiger partial charge on any atom is 0.323 e. The van der Waals surface area contributed by atoms with Gasteiger partial charge in [-0.2, -0.15) is 16.1 Å². The van der Waals surface area contributed by atoms with E-state index >= 15 is 0 Å². The first-order valence-corrected chi connectivity index (χ1v) is 7.24. The van der Waals surface area contributed by atoms with Gasteiger partial charge < -0.3 is 5.11 Å². The van der Waals surface area contributed by atoms with Gasteiger partial charge in [0.2, 0.25) is 10.0 Å². The van der Waals surface area contributed by atoms with Gasteiger partial charge in [0, 0.05) is 24.1 Å². The molecule has 15 heavy (non-hydrogen) atoms. The van der Waals surface area contributed by atoms with Crippen molar-refractivity contribution < 1.29 is 18.3 Å². The molecule has 1 heterocycles. The van der Waals surface area contributed by atoms with Crippen LogP contribution in [0.5, 0.6) is 0 Å². The average Bonchev–Trinajstić information content (AvgIpc) is 2.16. The molecule has 7 heteroatoms. The van der Waals surface area contributed by atoms with E-state index in [0.29, 0.717) is 13.1 Å². The van der Waals surface area contributed by atoms with Crippen molar-refractivity contribution in [3.63, 3.8) is 0 Å². The van der Waals surface area contributed by atoms with Gasteiger partial charge in [-0.05, 0) is 6.92 Å². The van der Waals surface area contributed by atoms with E-state index in [9.17, 15) is 13.2 Å². The highest BCUT2D eigenvalue weighted by Crippen LogP contribution is 2.22. The Kier molecular flexibility index (Phi) is 4.02. The van der Waals surface area contributed by atoms with Gasteiger partial charge in [0.05, 0.1) is 0 Å². The lowest BCUT2D eigenvalue weighted by atomic mass is 10.4. The minimum absolute atomic E-state index is 0.231. The Balaban J connectivity index is 2.81. The van der Waals surface area contributed by atoms with E-state index in [0.717, 1.165) is 5.75 Å². The van der Waals surface area contributed by atoms with Crippen LogP contribution in [-0.2, 0) is 14.8 Å². The van der Waals surface area contributed by atoms with Gasteiger partial charge >= 0.3 is 5.97 Å². The van der Waals surface area contributed by atoms with Crippen LogP contribution >= 0.6 is 11.8 Å². The summed E-state index contributed by atoms with van der Waals surface area (Å²) in [6.07, 6.45) is 0. The Bertz CT molecular complexity index is 341. The van der Waals surface area contributed by atoms with Crippen molar-refractivity contribution in [1.82, 2.24) is 4.31 Å². The molecule has 0 spiro atoms. The molecule has 0 amide bonds. The lowest BCUT2D eigenvalue weighted by Gasteiger charge is -2.30. The molecule has 0 aromatic rings. The zero-order valence-corrected chi connectivity index (χ0v) is 10.3. The second kappa shape index (κ2) is 4.71. The summed E-state index contributed by atoms with van der Waals surface area (Å²) >= 11 is 1.70. The van der Waals surface area contributed by atoms with Crippen LogP contribution in [-0.4, -0.2) is 53.1 Å². The molecule has 88 valence electrons. The van der Waals surface area contributed by atoms with Crippen LogP contribution in [0.15, 0.2) is 0 Å². The molecule has 2 atom stereocenters. The third-order valence-corrected chi connectivity index (χ3v) is 5.64. The molecule has 0 radical (unpaired) electrons. The molecule has 0 saturated carbocycles. The van der Waals surface area contributed by atoms with Crippen LogP contribution in [0.2, 0.25) is 0 Å². The molecule has 2 unspecified atom stereocenters. The number of aliphatic carboxylic acids is 1. The first kappa shape index (κ1) is 12.8. The topological polar surface area (TPSA) is 74.7 Å². The van der Waals surface area contributed by atoms with Crippen molar-refractivity contribution in [2.45, 2.75) is 24.3 Å². The molecular weight excluding hydrogens is 238 g/mol. The Morgan fingerprint density at radius 3 is 2.67 bits per heavy atom. The Morgan fingerprint density at radius 1 is 1.60 bits per heavy atom. The van der Waals surface area contributed by atoms with Gasteiger partial charge in [-0.15, -0.1) is 0 Å². The van der Waals surface area contributed by atoms with Crippen LogP contribution in [0.4, 0.5) is 0 Å². The largest absolute Gasteiger partial charge is 0.480 e. The molecule has 1 rings (SSSR count). The number of hydrogen-bond donors (Lipinski definition) is 1. The summed E-state index contributed by atoms with van der Waals surface area (Å²) in [6.45, 7) is 3.97. The van der Waals surface area contributed by atoms with E-state index in [1.807, 2.05) is 6.92 Å². The van der Waals surface area contributed by atoms with Crippen molar-refractivity contribution in [2.75, 3.05) is 18.8 Å². The molecule has 0 aliphatic carbocycles. The van der Waals surface area contributed by atoms with E-state index in [4.69, 9.17) is 5.11 Å². The highest BCUT2D eigenvalue weighted by atomic mass is 32.2. The molecule has 1 aliphatic heterocycles. The van der Waals surface area contributed by atoms with Gasteiger partial charge in [0.25, 0.3) is 0 Å². The number of carboxylic acid groups (broad SMARTS) is 1. The molecule has 5 nitrogen and oxygen atoms in total. The maximum atomic E-state index is 11.8. The smallest absolute Gasteiger partial charge is 0.323 e. The molecule has 0 bridgehead atoms. The molecule has 1 saturated heterocycles.